The lowest BCUT2D eigenvalue weighted by Crippen LogP contribution is -2.15. The Hall–Kier alpha value is -3.90. The molecule has 6 heteroatoms. The van der Waals surface area contributed by atoms with Gasteiger partial charge in [0.25, 0.3) is 0 Å². The Morgan fingerprint density at radius 3 is 2.18 bits per heavy atom. The van der Waals surface area contributed by atoms with Gasteiger partial charge >= 0.3 is 5.97 Å². The highest BCUT2D eigenvalue weighted by molar-refractivity contribution is 5.73. The summed E-state index contributed by atoms with van der Waals surface area (Å²) >= 11 is 0. The average Bonchev–Trinajstić information content (AvgIpc) is 3.64. The van der Waals surface area contributed by atoms with Crippen molar-refractivity contribution in [1.29, 1.82) is 0 Å². The highest BCUT2D eigenvalue weighted by Gasteiger charge is 2.46. The normalized spacial score (nSPS) is 14.6. The van der Waals surface area contributed by atoms with Crippen molar-refractivity contribution in [1.82, 2.24) is 5.16 Å². The minimum Gasteiger partial charge on any atom is -0.497 e. The average molecular weight is 526 g/mol. The van der Waals surface area contributed by atoms with Crippen LogP contribution < -0.4 is 4.74 Å². The third-order valence-electron chi connectivity index (χ3n) is 7.73. The summed E-state index contributed by atoms with van der Waals surface area (Å²) in [5, 5.41) is 15.2. The molecular weight excluding hydrogens is 490 g/mol. The molecule has 3 aromatic carbocycles. The van der Waals surface area contributed by atoms with E-state index in [1.165, 1.54) is 5.56 Å². The Kier molecular flexibility index (Phi) is 7.84. The van der Waals surface area contributed by atoms with Gasteiger partial charge in [-0.1, -0.05) is 65.8 Å². The van der Waals surface area contributed by atoms with Crippen LogP contribution in [0.15, 0.2) is 77.3 Å². The first-order valence-corrected chi connectivity index (χ1v) is 13.6. The van der Waals surface area contributed by atoms with Gasteiger partial charge in [-0.3, -0.25) is 4.79 Å². The number of nitrogens with zero attached hydrogens (tertiary/aromatic N) is 1. The maximum Gasteiger partial charge on any atom is 0.306 e. The summed E-state index contributed by atoms with van der Waals surface area (Å²) in [7, 11) is 1.65. The molecule has 1 heterocycles. The minimum absolute atomic E-state index is 0.0661. The van der Waals surface area contributed by atoms with Crippen molar-refractivity contribution in [2.75, 3.05) is 13.7 Å². The van der Waals surface area contributed by atoms with Crippen molar-refractivity contribution < 1.29 is 23.9 Å². The summed E-state index contributed by atoms with van der Waals surface area (Å²) in [6.45, 7) is 4.12. The maximum absolute atomic E-state index is 12.0. The van der Waals surface area contributed by atoms with Gasteiger partial charge in [0.1, 0.15) is 5.75 Å². The molecule has 0 spiro atoms. The summed E-state index contributed by atoms with van der Waals surface area (Å²) in [6.07, 6.45) is 3.08. The number of aliphatic hydroxyl groups is 1. The van der Waals surface area contributed by atoms with Crippen LogP contribution in [0.4, 0.5) is 0 Å². The van der Waals surface area contributed by atoms with Crippen molar-refractivity contribution in [3.63, 3.8) is 0 Å². The predicted molar refractivity (Wildman–Crippen MR) is 151 cm³/mol. The molecule has 4 aromatic rings. The van der Waals surface area contributed by atoms with E-state index >= 15 is 0 Å². The summed E-state index contributed by atoms with van der Waals surface area (Å²) in [6, 6.07) is 24.5. The van der Waals surface area contributed by atoms with Gasteiger partial charge < -0.3 is 19.1 Å². The van der Waals surface area contributed by atoms with Crippen LogP contribution >= 0.6 is 0 Å². The van der Waals surface area contributed by atoms with Crippen LogP contribution in [-0.2, 0) is 21.4 Å². The molecule has 0 aliphatic heterocycles. The highest BCUT2D eigenvalue weighted by atomic mass is 16.5. The molecule has 1 aliphatic carbocycles. The Bertz CT molecular complexity index is 1400. The van der Waals surface area contributed by atoms with E-state index < -0.39 is 6.10 Å². The molecule has 1 saturated carbocycles. The first kappa shape index (κ1) is 26.7. The Morgan fingerprint density at radius 2 is 1.59 bits per heavy atom. The smallest absolute Gasteiger partial charge is 0.306 e. The maximum atomic E-state index is 12.0. The van der Waals surface area contributed by atoms with E-state index in [0.29, 0.717) is 30.9 Å². The molecule has 39 heavy (non-hydrogen) atoms. The fraction of sp³-hybridized carbons (Fsp3) is 0.333. The minimum atomic E-state index is -0.690. The van der Waals surface area contributed by atoms with E-state index in [9.17, 15) is 9.90 Å². The van der Waals surface area contributed by atoms with Crippen molar-refractivity contribution >= 4 is 5.97 Å². The van der Waals surface area contributed by atoms with Crippen LogP contribution in [0.2, 0.25) is 0 Å². The molecule has 0 amide bonds. The third kappa shape index (κ3) is 5.91. The second-order valence-electron chi connectivity index (χ2n) is 10.3. The summed E-state index contributed by atoms with van der Waals surface area (Å²) in [5.41, 5.74) is 6.75. The molecule has 5 rings (SSSR count). The van der Waals surface area contributed by atoms with Crippen LogP contribution in [0.5, 0.6) is 5.75 Å². The number of aryl methyl sites for hydroxylation is 2. The Balaban J connectivity index is 1.27. The zero-order valence-corrected chi connectivity index (χ0v) is 22.8. The van der Waals surface area contributed by atoms with Gasteiger partial charge in [-0.2, -0.15) is 0 Å². The molecular formula is C33H35NO5. The molecule has 1 atom stereocenters. The highest BCUT2D eigenvalue weighted by Crippen LogP contribution is 2.51. The fourth-order valence-corrected chi connectivity index (χ4v) is 5.25. The third-order valence-corrected chi connectivity index (χ3v) is 7.73. The number of methoxy groups -OCH3 is 1. The number of hydrogen-bond donors (Lipinski definition) is 1. The largest absolute Gasteiger partial charge is 0.497 e. The monoisotopic (exact) mass is 525 g/mol. The lowest BCUT2D eigenvalue weighted by molar-refractivity contribution is -0.143. The van der Waals surface area contributed by atoms with Gasteiger partial charge in [0.15, 0.2) is 5.76 Å². The van der Waals surface area contributed by atoms with Gasteiger partial charge in [-0.05, 0) is 73.9 Å². The van der Waals surface area contributed by atoms with E-state index in [4.69, 9.17) is 14.0 Å². The molecule has 1 aliphatic rings. The molecule has 6 nitrogen and oxygen atoms in total. The van der Waals surface area contributed by atoms with Crippen molar-refractivity contribution in [3.8, 4) is 28.2 Å². The molecule has 1 unspecified atom stereocenters. The number of rotatable bonds is 11. The molecule has 1 fully saturated rings. The first-order valence-electron chi connectivity index (χ1n) is 13.6. The summed E-state index contributed by atoms with van der Waals surface area (Å²) in [4.78, 5) is 12.0. The molecule has 1 aromatic heterocycles. The standard InChI is InChI=1S/C33H35NO5/c1-4-38-30(36)21-33(19-20-33)27-14-12-25(13-15-27)24-8-10-26(11-9-24)32-31(22(2)34-39-32)29(35)18-7-23-5-16-28(37-3)17-6-23/h5-6,8-17,29,35H,4,7,18-21H2,1-3H3. The van der Waals surface area contributed by atoms with Gasteiger partial charge in [-0.25, -0.2) is 0 Å². The van der Waals surface area contributed by atoms with Crippen LogP contribution in [0.1, 0.15) is 61.1 Å². The number of aromatic nitrogens is 1. The fourth-order valence-electron chi connectivity index (χ4n) is 5.25. The van der Waals surface area contributed by atoms with Crippen LogP contribution in [0.3, 0.4) is 0 Å². The number of carbonyl (C=O) groups excluding carboxylic acids is 1. The number of hydrogen-bond acceptors (Lipinski definition) is 6. The van der Waals surface area contributed by atoms with Gasteiger partial charge in [0.2, 0.25) is 0 Å². The molecule has 0 radical (unpaired) electrons. The number of aliphatic hydroxyl groups excluding tert-OH is 1. The van der Waals surface area contributed by atoms with Gasteiger partial charge in [0, 0.05) is 11.0 Å². The molecule has 202 valence electrons. The summed E-state index contributed by atoms with van der Waals surface area (Å²) in [5.74, 6) is 1.30. The van der Waals surface area contributed by atoms with Gasteiger partial charge in [-0.15, -0.1) is 0 Å². The quantitative estimate of drug-likeness (QED) is 0.213. The second kappa shape index (κ2) is 11.5. The topological polar surface area (TPSA) is 81.8 Å². The number of benzene rings is 3. The van der Waals surface area contributed by atoms with E-state index in [2.05, 4.69) is 41.6 Å². The second-order valence-corrected chi connectivity index (χ2v) is 10.3. The lowest BCUT2D eigenvalue weighted by atomic mass is 9.90. The molecule has 1 N–H and O–H groups in total. The van der Waals surface area contributed by atoms with Crippen molar-refractivity contribution in [2.45, 2.75) is 57.5 Å². The van der Waals surface area contributed by atoms with Crippen LogP contribution in [0.25, 0.3) is 22.5 Å². The zero-order valence-electron chi connectivity index (χ0n) is 22.8. The van der Waals surface area contributed by atoms with E-state index in [1.54, 1.807) is 7.11 Å². The predicted octanol–water partition coefficient (Wildman–Crippen LogP) is 6.98. The van der Waals surface area contributed by atoms with Gasteiger partial charge in [0.05, 0.1) is 37.5 Å². The molecule has 0 bridgehead atoms. The SMILES string of the molecule is CCOC(=O)CC1(c2ccc(-c3ccc(-c4onc(C)c4C(O)CCc4ccc(OC)cc4)cc3)cc2)CC1. The van der Waals surface area contributed by atoms with E-state index in [1.807, 2.05) is 50.2 Å². The van der Waals surface area contributed by atoms with Crippen LogP contribution in [-0.4, -0.2) is 29.9 Å². The zero-order chi connectivity index (χ0) is 27.4. The lowest BCUT2D eigenvalue weighted by Gasteiger charge is -2.15. The van der Waals surface area contributed by atoms with E-state index in [0.717, 1.165) is 52.8 Å². The number of esters is 1. The van der Waals surface area contributed by atoms with Crippen LogP contribution in [0, 0.1) is 6.92 Å². The van der Waals surface area contributed by atoms with E-state index in [-0.39, 0.29) is 11.4 Å². The first-order chi connectivity index (χ1) is 18.9. The van der Waals surface area contributed by atoms with Crippen molar-refractivity contribution in [3.05, 3.63) is 95.2 Å². The summed E-state index contributed by atoms with van der Waals surface area (Å²) < 4.78 is 16.1. The Morgan fingerprint density at radius 1 is 0.974 bits per heavy atom. The Labute approximate surface area is 229 Å². The number of ether oxygens (including phenoxy) is 2. The van der Waals surface area contributed by atoms with Crippen molar-refractivity contribution in [2.24, 2.45) is 0 Å². The molecule has 0 saturated heterocycles. The number of carbonyl (C=O) groups is 1.